The first kappa shape index (κ1) is 19.2. The Labute approximate surface area is 153 Å². The molecule has 0 aliphatic heterocycles. The second-order valence-corrected chi connectivity index (χ2v) is 6.35. The van der Waals surface area contributed by atoms with Crippen molar-refractivity contribution in [2.45, 2.75) is 25.7 Å². The van der Waals surface area contributed by atoms with E-state index in [0.29, 0.717) is 24.2 Å². The molecule has 4 nitrogen and oxygen atoms in total. The van der Waals surface area contributed by atoms with Crippen molar-refractivity contribution in [3.63, 3.8) is 0 Å². The van der Waals surface area contributed by atoms with Crippen LogP contribution < -0.4 is 4.74 Å². The molecule has 0 spiro atoms. The van der Waals surface area contributed by atoms with Crippen LogP contribution in [-0.2, 0) is 10.2 Å². The molecule has 26 heavy (non-hydrogen) atoms. The molecule has 0 bridgehead atoms. The largest absolute Gasteiger partial charge is 0.462 e. The fourth-order valence-electron chi connectivity index (χ4n) is 2.37. The number of ether oxygens (including phenoxy) is 1. The minimum atomic E-state index is -0.229. The van der Waals surface area contributed by atoms with Gasteiger partial charge < -0.3 is 9.15 Å². The maximum atomic E-state index is 12.0. The summed E-state index contributed by atoms with van der Waals surface area (Å²) in [4.78, 5) is 21.8. The smallest absolute Gasteiger partial charge is 0.312 e. The van der Waals surface area contributed by atoms with Gasteiger partial charge in [0.25, 0.3) is 0 Å². The zero-order valence-corrected chi connectivity index (χ0v) is 14.9. The van der Waals surface area contributed by atoms with E-state index in [-0.39, 0.29) is 11.4 Å². The summed E-state index contributed by atoms with van der Waals surface area (Å²) < 4.78 is 9.95. The summed E-state index contributed by atoms with van der Waals surface area (Å²) in [6.45, 7) is 4.10. The number of esters is 1. The number of para-hydroxylation sites is 1. The van der Waals surface area contributed by atoms with Crippen LogP contribution in [0.5, 0.6) is 5.75 Å². The zero-order valence-electron chi connectivity index (χ0n) is 14.9. The first-order chi connectivity index (χ1) is 12.5. The van der Waals surface area contributed by atoms with Gasteiger partial charge in [-0.3, -0.25) is 9.59 Å². The minimum Gasteiger partial charge on any atom is -0.462 e. The normalized spacial score (nSPS) is 10.4. The second-order valence-electron chi connectivity index (χ2n) is 6.35. The van der Waals surface area contributed by atoms with Crippen molar-refractivity contribution in [1.82, 2.24) is 0 Å². The SMILES string of the molecule is CC(C)(CC(=O)Oc1ccccc1)c1ccccc1.O=Cc1ccco1. The van der Waals surface area contributed by atoms with E-state index in [1.165, 1.54) is 6.26 Å². The van der Waals surface area contributed by atoms with E-state index >= 15 is 0 Å². The first-order valence-corrected chi connectivity index (χ1v) is 8.31. The molecule has 4 heteroatoms. The number of furan rings is 1. The minimum absolute atomic E-state index is 0.208. The monoisotopic (exact) mass is 350 g/mol. The quantitative estimate of drug-likeness (QED) is 0.367. The Morgan fingerprint density at radius 1 is 0.962 bits per heavy atom. The molecule has 0 saturated heterocycles. The molecule has 0 fully saturated rings. The van der Waals surface area contributed by atoms with Crippen LogP contribution in [0.25, 0.3) is 0 Å². The van der Waals surface area contributed by atoms with E-state index in [4.69, 9.17) is 4.74 Å². The van der Waals surface area contributed by atoms with Crippen LogP contribution in [-0.4, -0.2) is 12.3 Å². The molecule has 2 aromatic carbocycles. The van der Waals surface area contributed by atoms with Crippen molar-refractivity contribution in [2.75, 3.05) is 0 Å². The lowest BCUT2D eigenvalue weighted by molar-refractivity contribution is -0.135. The van der Waals surface area contributed by atoms with Crippen LogP contribution in [0.1, 0.15) is 36.4 Å². The number of carbonyl (C=O) groups is 2. The Bertz CT molecular complexity index is 791. The molecule has 1 aromatic heterocycles. The standard InChI is InChI=1S/C17H18O2.C5H4O2/c1-17(2,14-9-5-3-6-10-14)13-16(18)19-15-11-7-4-8-12-15;6-4-5-2-1-3-7-5/h3-12H,13H2,1-2H3;1-4H. The Morgan fingerprint density at radius 3 is 2.08 bits per heavy atom. The molecule has 0 unspecified atom stereocenters. The molecule has 0 aliphatic rings. The van der Waals surface area contributed by atoms with Gasteiger partial charge in [-0.2, -0.15) is 0 Å². The topological polar surface area (TPSA) is 56.5 Å². The molecule has 0 N–H and O–H groups in total. The number of benzene rings is 2. The van der Waals surface area contributed by atoms with Gasteiger partial charge in [0.1, 0.15) is 5.75 Å². The van der Waals surface area contributed by atoms with Crippen molar-refractivity contribution in [3.8, 4) is 5.75 Å². The van der Waals surface area contributed by atoms with Gasteiger partial charge in [-0.1, -0.05) is 62.4 Å². The van der Waals surface area contributed by atoms with Gasteiger partial charge in [-0.15, -0.1) is 0 Å². The van der Waals surface area contributed by atoms with E-state index in [9.17, 15) is 9.59 Å². The van der Waals surface area contributed by atoms with E-state index in [2.05, 4.69) is 18.3 Å². The maximum Gasteiger partial charge on any atom is 0.312 e. The summed E-state index contributed by atoms with van der Waals surface area (Å²) in [5.74, 6) is 0.761. The summed E-state index contributed by atoms with van der Waals surface area (Å²) >= 11 is 0. The van der Waals surface area contributed by atoms with Gasteiger partial charge in [0.15, 0.2) is 12.0 Å². The van der Waals surface area contributed by atoms with Gasteiger partial charge in [0.2, 0.25) is 0 Å². The van der Waals surface area contributed by atoms with Crippen molar-refractivity contribution in [3.05, 3.63) is 90.4 Å². The first-order valence-electron chi connectivity index (χ1n) is 8.31. The molecule has 1 heterocycles. The number of hydrogen-bond donors (Lipinski definition) is 0. The van der Waals surface area contributed by atoms with E-state index < -0.39 is 0 Å². The van der Waals surface area contributed by atoms with Crippen LogP contribution in [0.3, 0.4) is 0 Å². The lowest BCUT2D eigenvalue weighted by atomic mass is 9.82. The highest BCUT2D eigenvalue weighted by Gasteiger charge is 2.25. The average Bonchev–Trinajstić information content (AvgIpc) is 3.17. The van der Waals surface area contributed by atoms with Gasteiger partial charge in [0.05, 0.1) is 12.7 Å². The molecule has 0 amide bonds. The van der Waals surface area contributed by atoms with Crippen molar-refractivity contribution in [2.24, 2.45) is 0 Å². The maximum absolute atomic E-state index is 12.0. The average molecular weight is 350 g/mol. The van der Waals surface area contributed by atoms with Crippen molar-refractivity contribution < 1.29 is 18.7 Å². The van der Waals surface area contributed by atoms with E-state index in [0.717, 1.165) is 5.56 Å². The lowest BCUT2D eigenvalue weighted by Crippen LogP contribution is -2.24. The Morgan fingerprint density at radius 2 is 1.58 bits per heavy atom. The molecule has 3 rings (SSSR count). The predicted molar refractivity (Wildman–Crippen MR) is 100 cm³/mol. The summed E-state index contributed by atoms with van der Waals surface area (Å²) in [5.41, 5.74) is 0.910. The van der Waals surface area contributed by atoms with E-state index in [1.807, 2.05) is 48.5 Å². The molecule has 0 atom stereocenters. The number of aldehydes is 1. The third kappa shape index (κ3) is 6.06. The third-order valence-corrected chi connectivity index (χ3v) is 3.78. The Balaban J connectivity index is 0.000000290. The summed E-state index contributed by atoms with van der Waals surface area (Å²) in [6.07, 6.45) is 2.48. The van der Waals surface area contributed by atoms with Crippen LogP contribution in [0, 0.1) is 0 Å². The van der Waals surface area contributed by atoms with Gasteiger partial charge >= 0.3 is 5.97 Å². The summed E-state index contributed by atoms with van der Waals surface area (Å²) in [6, 6.07) is 22.5. The highest BCUT2D eigenvalue weighted by molar-refractivity contribution is 5.74. The van der Waals surface area contributed by atoms with Gasteiger partial charge in [-0.25, -0.2) is 0 Å². The molecule has 3 aromatic rings. The van der Waals surface area contributed by atoms with Gasteiger partial charge in [0, 0.05) is 5.41 Å². The van der Waals surface area contributed by atoms with Crippen LogP contribution in [0.2, 0.25) is 0 Å². The third-order valence-electron chi connectivity index (χ3n) is 3.78. The highest BCUT2D eigenvalue weighted by Crippen LogP contribution is 2.27. The summed E-state index contributed by atoms with van der Waals surface area (Å²) in [7, 11) is 0. The number of carbonyl (C=O) groups excluding carboxylic acids is 2. The Kier molecular flexibility index (Phi) is 6.92. The number of hydrogen-bond acceptors (Lipinski definition) is 4. The summed E-state index contributed by atoms with van der Waals surface area (Å²) in [5, 5.41) is 0. The lowest BCUT2D eigenvalue weighted by Gasteiger charge is -2.24. The second kappa shape index (κ2) is 9.37. The van der Waals surface area contributed by atoms with E-state index in [1.54, 1.807) is 24.3 Å². The molecule has 0 saturated carbocycles. The number of rotatable bonds is 5. The van der Waals surface area contributed by atoms with Crippen LogP contribution in [0.4, 0.5) is 0 Å². The van der Waals surface area contributed by atoms with Crippen molar-refractivity contribution >= 4 is 12.3 Å². The Hall–Kier alpha value is -3.14. The molecular formula is C22H22O4. The predicted octanol–water partition coefficient (Wildman–Crippen LogP) is 5.05. The fourth-order valence-corrected chi connectivity index (χ4v) is 2.37. The highest BCUT2D eigenvalue weighted by atomic mass is 16.5. The molecule has 134 valence electrons. The van der Waals surface area contributed by atoms with Crippen molar-refractivity contribution in [1.29, 1.82) is 0 Å². The molecule has 0 radical (unpaired) electrons. The van der Waals surface area contributed by atoms with Gasteiger partial charge in [-0.05, 0) is 29.8 Å². The molecular weight excluding hydrogens is 328 g/mol. The molecule has 0 aliphatic carbocycles. The zero-order chi connectivity index (χ0) is 18.8. The fraction of sp³-hybridized carbons (Fsp3) is 0.182. The van der Waals surface area contributed by atoms with Crippen LogP contribution in [0.15, 0.2) is 83.5 Å². The van der Waals surface area contributed by atoms with Crippen LogP contribution >= 0.6 is 0 Å².